The predicted octanol–water partition coefficient (Wildman–Crippen LogP) is 1.05. The van der Waals surface area contributed by atoms with Crippen molar-refractivity contribution < 1.29 is 19.4 Å². The Bertz CT molecular complexity index is 732. The first-order valence-electron chi connectivity index (χ1n) is 8.35. The number of ether oxygens (including phenoxy) is 2. The van der Waals surface area contributed by atoms with Gasteiger partial charge in [-0.15, -0.1) is 0 Å². The Kier molecular flexibility index (Phi) is 2.45. The van der Waals surface area contributed by atoms with Crippen LogP contribution >= 0.6 is 0 Å². The maximum atomic E-state index is 12.7. The normalized spacial score (nSPS) is 40.6. The summed E-state index contributed by atoms with van der Waals surface area (Å²) in [4.78, 5) is 14.9. The first-order valence-corrected chi connectivity index (χ1v) is 8.35. The number of nitrogens with zero attached hydrogens (tertiary/aromatic N) is 1. The standard InChI is InChI=1S/C18H21NO4/c1-19-8-7-17-14-10-3-4-12(22-2)15(14)23-16(17)11(20)5-6-18(17,21)13(19)9-10/h3-4,13,16,21H,5-9H2,1-2H3/t13-,16?,17+,18?/m0/s1. The third-order valence-corrected chi connectivity index (χ3v) is 6.73. The monoisotopic (exact) mass is 315 g/mol. The van der Waals surface area contributed by atoms with Gasteiger partial charge in [0.2, 0.25) is 0 Å². The Hall–Kier alpha value is -1.59. The average molecular weight is 315 g/mol. The van der Waals surface area contributed by atoms with Crippen LogP contribution in [0.15, 0.2) is 12.1 Å². The van der Waals surface area contributed by atoms with Crippen molar-refractivity contribution in [3.8, 4) is 11.5 Å². The van der Waals surface area contributed by atoms with Crippen LogP contribution in [0.2, 0.25) is 0 Å². The van der Waals surface area contributed by atoms with Gasteiger partial charge in [-0.2, -0.15) is 0 Å². The van der Waals surface area contributed by atoms with Gasteiger partial charge in [-0.05, 0) is 44.5 Å². The van der Waals surface area contributed by atoms with E-state index in [0.29, 0.717) is 24.3 Å². The van der Waals surface area contributed by atoms with Crippen molar-refractivity contribution in [3.63, 3.8) is 0 Å². The van der Waals surface area contributed by atoms with Crippen LogP contribution in [0.25, 0.3) is 0 Å². The fourth-order valence-corrected chi connectivity index (χ4v) is 5.69. The number of hydrogen-bond donors (Lipinski definition) is 1. The van der Waals surface area contributed by atoms with Crippen molar-refractivity contribution in [2.24, 2.45) is 0 Å². The molecule has 0 aromatic heterocycles. The third kappa shape index (κ3) is 1.32. The quantitative estimate of drug-likeness (QED) is 0.839. The summed E-state index contributed by atoms with van der Waals surface area (Å²) in [5.41, 5.74) is 0.737. The second-order valence-corrected chi connectivity index (χ2v) is 7.44. The number of benzene rings is 1. The molecule has 1 aromatic rings. The van der Waals surface area contributed by atoms with Gasteiger partial charge in [0.25, 0.3) is 0 Å². The molecule has 1 aromatic carbocycles. The molecule has 23 heavy (non-hydrogen) atoms. The zero-order valence-corrected chi connectivity index (χ0v) is 13.5. The Labute approximate surface area is 135 Å². The van der Waals surface area contributed by atoms with Crippen LogP contribution in [0.3, 0.4) is 0 Å². The minimum atomic E-state index is -0.900. The highest BCUT2D eigenvalue weighted by Crippen LogP contribution is 2.64. The molecular formula is C18H21NO4. The molecule has 2 aliphatic heterocycles. The lowest BCUT2D eigenvalue weighted by Crippen LogP contribution is -2.76. The third-order valence-electron chi connectivity index (χ3n) is 6.73. The topological polar surface area (TPSA) is 59.0 Å². The molecule has 2 unspecified atom stereocenters. The van der Waals surface area contributed by atoms with E-state index in [9.17, 15) is 9.90 Å². The maximum absolute atomic E-state index is 12.7. The Morgan fingerprint density at radius 3 is 3.00 bits per heavy atom. The van der Waals surface area contributed by atoms with Gasteiger partial charge < -0.3 is 19.5 Å². The molecular weight excluding hydrogens is 294 g/mol. The lowest BCUT2D eigenvalue weighted by molar-refractivity contribution is -0.185. The van der Waals surface area contributed by atoms with Crippen molar-refractivity contribution in [1.82, 2.24) is 4.90 Å². The molecule has 2 aliphatic carbocycles. The van der Waals surface area contributed by atoms with E-state index in [1.54, 1.807) is 7.11 Å². The van der Waals surface area contributed by atoms with Gasteiger partial charge in [0.1, 0.15) is 0 Å². The number of aliphatic hydroxyl groups is 1. The van der Waals surface area contributed by atoms with E-state index in [2.05, 4.69) is 18.0 Å². The first kappa shape index (κ1) is 13.8. The molecule has 0 amide bonds. The number of hydrogen-bond acceptors (Lipinski definition) is 5. The predicted molar refractivity (Wildman–Crippen MR) is 83.0 cm³/mol. The summed E-state index contributed by atoms with van der Waals surface area (Å²) in [6.45, 7) is 0.871. The Morgan fingerprint density at radius 1 is 1.39 bits per heavy atom. The molecule has 122 valence electrons. The minimum absolute atomic E-state index is 0.0438. The highest BCUT2D eigenvalue weighted by Gasteiger charge is 2.72. The Balaban J connectivity index is 1.86. The SMILES string of the molecule is COc1ccc2c3c1OC1C(=O)CCC4(O)[C@H](C2)N(C)CC[C@@]314. The lowest BCUT2D eigenvalue weighted by Gasteiger charge is -2.62. The average Bonchev–Trinajstić information content (AvgIpc) is 2.90. The van der Waals surface area contributed by atoms with Crippen LogP contribution < -0.4 is 9.47 Å². The minimum Gasteiger partial charge on any atom is -0.493 e. The van der Waals surface area contributed by atoms with Gasteiger partial charge >= 0.3 is 0 Å². The fourth-order valence-electron chi connectivity index (χ4n) is 5.69. The van der Waals surface area contributed by atoms with Crippen LogP contribution in [0, 0.1) is 0 Å². The molecule has 5 heteroatoms. The van der Waals surface area contributed by atoms with E-state index in [-0.39, 0.29) is 11.8 Å². The number of ketones is 1. The van der Waals surface area contributed by atoms with E-state index in [1.807, 2.05) is 6.07 Å². The van der Waals surface area contributed by atoms with Crippen molar-refractivity contribution >= 4 is 5.78 Å². The van der Waals surface area contributed by atoms with Crippen LogP contribution in [0.5, 0.6) is 11.5 Å². The van der Waals surface area contributed by atoms with Gasteiger partial charge in [0.15, 0.2) is 23.4 Å². The number of likely N-dealkylation sites (N-methyl/N-ethyl adjacent to an activating group) is 1. The van der Waals surface area contributed by atoms with Crippen molar-refractivity contribution in [3.05, 3.63) is 23.3 Å². The molecule has 4 atom stereocenters. The highest BCUT2D eigenvalue weighted by molar-refractivity contribution is 5.90. The summed E-state index contributed by atoms with van der Waals surface area (Å²) in [7, 11) is 3.70. The van der Waals surface area contributed by atoms with Gasteiger partial charge in [-0.1, -0.05) is 6.07 Å². The first-order chi connectivity index (χ1) is 11.0. The second-order valence-electron chi connectivity index (χ2n) is 7.44. The van der Waals surface area contributed by atoms with E-state index in [4.69, 9.17) is 9.47 Å². The number of rotatable bonds is 1. The molecule has 2 heterocycles. The maximum Gasteiger partial charge on any atom is 0.174 e. The summed E-state index contributed by atoms with van der Waals surface area (Å²) in [5.74, 6) is 1.47. The smallest absolute Gasteiger partial charge is 0.174 e. The van der Waals surface area contributed by atoms with Crippen molar-refractivity contribution in [2.45, 2.75) is 48.8 Å². The lowest BCUT2D eigenvalue weighted by atomic mass is 9.49. The van der Waals surface area contributed by atoms with E-state index in [0.717, 1.165) is 24.9 Å². The number of Topliss-reactive ketones (excluding diaryl/α,β-unsaturated/α-hetero) is 1. The van der Waals surface area contributed by atoms with Crippen molar-refractivity contribution in [1.29, 1.82) is 0 Å². The Morgan fingerprint density at radius 2 is 2.22 bits per heavy atom. The molecule has 1 N–H and O–H groups in total. The number of carbonyl (C=O) groups excluding carboxylic acids is 1. The molecule has 5 nitrogen and oxygen atoms in total. The number of methoxy groups -OCH3 is 1. The molecule has 5 rings (SSSR count). The second kappa shape index (κ2) is 4.08. The number of piperidine rings is 1. The van der Waals surface area contributed by atoms with E-state index < -0.39 is 17.1 Å². The van der Waals surface area contributed by atoms with Crippen LogP contribution in [-0.2, 0) is 16.6 Å². The van der Waals surface area contributed by atoms with E-state index >= 15 is 0 Å². The van der Waals surface area contributed by atoms with Gasteiger partial charge in [-0.3, -0.25) is 4.79 Å². The number of carbonyl (C=O) groups is 1. The van der Waals surface area contributed by atoms with Gasteiger partial charge in [0.05, 0.1) is 18.1 Å². The summed E-state index contributed by atoms with van der Waals surface area (Å²) in [6, 6.07) is 4.05. The summed E-state index contributed by atoms with van der Waals surface area (Å²) < 4.78 is 11.6. The molecule has 1 spiro atoms. The largest absolute Gasteiger partial charge is 0.493 e. The van der Waals surface area contributed by atoms with Crippen LogP contribution in [-0.4, -0.2) is 54.2 Å². The summed E-state index contributed by atoms with van der Waals surface area (Å²) in [6.07, 6.45) is 1.89. The number of likely N-dealkylation sites (tertiary alicyclic amines) is 1. The zero-order chi connectivity index (χ0) is 16.0. The van der Waals surface area contributed by atoms with Crippen molar-refractivity contribution in [2.75, 3.05) is 20.7 Å². The highest BCUT2D eigenvalue weighted by atomic mass is 16.5. The molecule has 2 fully saturated rings. The molecule has 1 saturated heterocycles. The molecule has 4 aliphatic rings. The van der Waals surface area contributed by atoms with E-state index in [1.165, 1.54) is 5.56 Å². The summed E-state index contributed by atoms with van der Waals surface area (Å²) in [5, 5.41) is 11.7. The van der Waals surface area contributed by atoms with Gasteiger partial charge in [0, 0.05) is 18.0 Å². The zero-order valence-electron chi connectivity index (χ0n) is 13.5. The molecule has 1 saturated carbocycles. The van der Waals surface area contributed by atoms with Crippen LogP contribution in [0.4, 0.5) is 0 Å². The fraction of sp³-hybridized carbons (Fsp3) is 0.611. The van der Waals surface area contributed by atoms with Crippen LogP contribution in [0.1, 0.15) is 30.4 Å². The summed E-state index contributed by atoms with van der Waals surface area (Å²) >= 11 is 0. The molecule has 0 radical (unpaired) electrons. The van der Waals surface area contributed by atoms with Gasteiger partial charge in [-0.25, -0.2) is 0 Å². The molecule has 2 bridgehead atoms.